The van der Waals surface area contributed by atoms with E-state index in [0.29, 0.717) is 11.3 Å². The zero-order valence-corrected chi connectivity index (χ0v) is 14.2. The highest BCUT2D eigenvalue weighted by Gasteiger charge is 2.21. The Bertz CT molecular complexity index is 617. The van der Waals surface area contributed by atoms with Gasteiger partial charge in [-0.2, -0.15) is 0 Å². The summed E-state index contributed by atoms with van der Waals surface area (Å²) in [5.41, 5.74) is 1.37. The summed E-state index contributed by atoms with van der Waals surface area (Å²) < 4.78 is 25.3. The minimum absolute atomic E-state index is 0.311. The van der Waals surface area contributed by atoms with Crippen LogP contribution in [0, 0.1) is 5.82 Å². The third kappa shape index (κ3) is 2.99. The molecule has 1 unspecified atom stereocenters. The molecule has 2 aromatic carbocycles. The van der Waals surface area contributed by atoms with E-state index in [-0.39, 0.29) is 10.6 Å². The fourth-order valence-corrected chi connectivity index (χ4v) is 3.67. The molecule has 0 saturated heterocycles. The molecular formula is C15H13Br2FO2. The van der Waals surface area contributed by atoms with Crippen LogP contribution >= 0.6 is 31.9 Å². The van der Waals surface area contributed by atoms with E-state index in [1.807, 2.05) is 18.2 Å². The first-order chi connectivity index (χ1) is 9.58. The summed E-state index contributed by atoms with van der Waals surface area (Å²) in [4.78, 5) is -0.320. The predicted octanol–water partition coefficient (Wildman–Crippen LogP) is 5.09. The number of rotatable bonds is 4. The minimum Gasteiger partial charge on any atom is -0.497 e. The largest absolute Gasteiger partial charge is 0.497 e. The van der Waals surface area contributed by atoms with Gasteiger partial charge in [0.1, 0.15) is 17.3 Å². The maximum absolute atomic E-state index is 14.1. The molecule has 0 aromatic heterocycles. The van der Waals surface area contributed by atoms with Gasteiger partial charge in [-0.1, -0.05) is 44.0 Å². The van der Waals surface area contributed by atoms with Crippen LogP contribution in [0.25, 0.3) is 0 Å². The lowest BCUT2D eigenvalue weighted by Gasteiger charge is -2.17. The van der Waals surface area contributed by atoms with E-state index in [4.69, 9.17) is 9.47 Å². The van der Waals surface area contributed by atoms with Crippen LogP contribution in [0.15, 0.2) is 40.9 Å². The Morgan fingerprint density at radius 2 is 1.85 bits per heavy atom. The second-order valence-electron chi connectivity index (χ2n) is 4.11. The molecule has 20 heavy (non-hydrogen) atoms. The SMILES string of the molecule is COc1ccc(C(Br)c2c(F)cccc2OC)c(Br)c1. The Kier molecular flexibility index (Phi) is 5.05. The molecule has 2 nitrogen and oxygen atoms in total. The molecular weight excluding hydrogens is 391 g/mol. The number of ether oxygens (including phenoxy) is 2. The monoisotopic (exact) mass is 402 g/mol. The maximum Gasteiger partial charge on any atom is 0.131 e. The second-order valence-corrected chi connectivity index (χ2v) is 5.88. The highest BCUT2D eigenvalue weighted by atomic mass is 79.9. The minimum atomic E-state index is -0.320. The van der Waals surface area contributed by atoms with E-state index in [1.165, 1.54) is 13.2 Å². The molecule has 0 bridgehead atoms. The Hall–Kier alpha value is -1.07. The molecule has 2 rings (SSSR count). The lowest BCUT2D eigenvalue weighted by atomic mass is 10.0. The number of methoxy groups -OCH3 is 2. The van der Waals surface area contributed by atoms with Gasteiger partial charge in [-0.3, -0.25) is 0 Å². The van der Waals surface area contributed by atoms with Crippen LogP contribution in [-0.2, 0) is 0 Å². The van der Waals surface area contributed by atoms with Crippen molar-refractivity contribution in [3.05, 3.63) is 57.8 Å². The van der Waals surface area contributed by atoms with Crippen molar-refractivity contribution in [3.8, 4) is 11.5 Å². The van der Waals surface area contributed by atoms with Gasteiger partial charge < -0.3 is 9.47 Å². The third-order valence-electron chi connectivity index (χ3n) is 2.97. The molecule has 0 aliphatic heterocycles. The van der Waals surface area contributed by atoms with E-state index in [9.17, 15) is 4.39 Å². The highest BCUT2D eigenvalue weighted by molar-refractivity contribution is 9.11. The van der Waals surface area contributed by atoms with Gasteiger partial charge in [0.25, 0.3) is 0 Å². The van der Waals surface area contributed by atoms with Crippen molar-refractivity contribution in [2.75, 3.05) is 14.2 Å². The molecule has 0 heterocycles. The Labute approximate surface area is 134 Å². The van der Waals surface area contributed by atoms with Crippen LogP contribution in [0.1, 0.15) is 16.0 Å². The summed E-state index contributed by atoms with van der Waals surface area (Å²) >= 11 is 7.03. The molecule has 0 radical (unpaired) electrons. The van der Waals surface area contributed by atoms with Crippen LogP contribution in [0.3, 0.4) is 0 Å². The second kappa shape index (κ2) is 6.59. The molecule has 5 heteroatoms. The average molecular weight is 404 g/mol. The molecule has 1 atom stereocenters. The summed E-state index contributed by atoms with van der Waals surface area (Å²) in [6.45, 7) is 0. The van der Waals surface area contributed by atoms with Gasteiger partial charge in [-0.15, -0.1) is 0 Å². The number of hydrogen-bond acceptors (Lipinski definition) is 2. The molecule has 0 spiro atoms. The fourth-order valence-electron chi connectivity index (χ4n) is 1.94. The van der Waals surface area contributed by atoms with Gasteiger partial charge in [0, 0.05) is 10.0 Å². The normalized spacial score (nSPS) is 12.1. The zero-order valence-electron chi connectivity index (χ0n) is 11.0. The summed E-state index contributed by atoms with van der Waals surface area (Å²) in [5, 5.41) is 0. The summed E-state index contributed by atoms with van der Waals surface area (Å²) in [6, 6.07) is 10.3. The maximum atomic E-state index is 14.1. The summed E-state index contributed by atoms with van der Waals surface area (Å²) in [5.74, 6) is 0.935. The smallest absolute Gasteiger partial charge is 0.131 e. The molecule has 0 aliphatic rings. The van der Waals surface area contributed by atoms with Crippen molar-refractivity contribution < 1.29 is 13.9 Å². The average Bonchev–Trinajstić information content (AvgIpc) is 2.46. The van der Waals surface area contributed by atoms with E-state index >= 15 is 0 Å². The van der Waals surface area contributed by atoms with Crippen LogP contribution in [0.4, 0.5) is 4.39 Å². The first-order valence-electron chi connectivity index (χ1n) is 5.88. The van der Waals surface area contributed by atoms with Crippen molar-refractivity contribution in [2.45, 2.75) is 4.83 Å². The van der Waals surface area contributed by atoms with Gasteiger partial charge in [0.05, 0.1) is 19.0 Å². The Balaban J connectivity index is 2.49. The van der Waals surface area contributed by atoms with Crippen molar-refractivity contribution >= 4 is 31.9 Å². The highest BCUT2D eigenvalue weighted by Crippen LogP contribution is 2.41. The number of alkyl halides is 1. The molecule has 0 N–H and O–H groups in total. The van der Waals surface area contributed by atoms with Gasteiger partial charge in [0.15, 0.2) is 0 Å². The predicted molar refractivity (Wildman–Crippen MR) is 84.4 cm³/mol. The molecule has 106 valence electrons. The quantitative estimate of drug-likeness (QED) is 0.662. The van der Waals surface area contributed by atoms with Crippen molar-refractivity contribution in [1.29, 1.82) is 0 Å². The first-order valence-corrected chi connectivity index (χ1v) is 7.59. The first kappa shape index (κ1) is 15.3. The molecule has 0 saturated carbocycles. The Morgan fingerprint density at radius 3 is 2.45 bits per heavy atom. The lowest BCUT2D eigenvalue weighted by Crippen LogP contribution is -2.01. The van der Waals surface area contributed by atoms with Gasteiger partial charge in [-0.25, -0.2) is 4.39 Å². The van der Waals surface area contributed by atoms with Crippen LogP contribution in [0.2, 0.25) is 0 Å². The molecule has 2 aromatic rings. The van der Waals surface area contributed by atoms with Crippen molar-refractivity contribution in [2.24, 2.45) is 0 Å². The topological polar surface area (TPSA) is 18.5 Å². The van der Waals surface area contributed by atoms with Gasteiger partial charge >= 0.3 is 0 Å². The molecule has 0 fully saturated rings. The number of halogens is 3. The third-order valence-corrected chi connectivity index (χ3v) is 4.60. The standard InChI is InChI=1S/C15H13Br2FO2/c1-19-9-6-7-10(11(16)8-9)15(17)14-12(18)4-3-5-13(14)20-2/h3-8,15H,1-2H3. The van der Waals surface area contributed by atoms with Crippen molar-refractivity contribution in [1.82, 2.24) is 0 Å². The van der Waals surface area contributed by atoms with Crippen LogP contribution in [-0.4, -0.2) is 14.2 Å². The summed E-state index contributed by atoms with van der Waals surface area (Å²) in [7, 11) is 3.13. The molecule has 0 aliphatic carbocycles. The van der Waals surface area contributed by atoms with Crippen LogP contribution in [0.5, 0.6) is 11.5 Å². The number of benzene rings is 2. The zero-order chi connectivity index (χ0) is 14.7. The fraction of sp³-hybridized carbons (Fsp3) is 0.200. The lowest BCUT2D eigenvalue weighted by molar-refractivity contribution is 0.405. The molecule has 0 amide bonds. The van der Waals surface area contributed by atoms with Crippen molar-refractivity contribution in [3.63, 3.8) is 0 Å². The van der Waals surface area contributed by atoms with E-state index in [2.05, 4.69) is 31.9 Å². The van der Waals surface area contributed by atoms with E-state index in [1.54, 1.807) is 19.2 Å². The van der Waals surface area contributed by atoms with Gasteiger partial charge in [-0.05, 0) is 29.8 Å². The van der Waals surface area contributed by atoms with E-state index in [0.717, 1.165) is 15.8 Å². The number of hydrogen-bond donors (Lipinski definition) is 0. The van der Waals surface area contributed by atoms with Crippen LogP contribution < -0.4 is 9.47 Å². The van der Waals surface area contributed by atoms with Gasteiger partial charge in [0.2, 0.25) is 0 Å². The Morgan fingerprint density at radius 1 is 1.10 bits per heavy atom. The van der Waals surface area contributed by atoms with E-state index < -0.39 is 0 Å². The summed E-state index contributed by atoms with van der Waals surface area (Å²) in [6.07, 6.45) is 0.